The van der Waals surface area contributed by atoms with Crippen LogP contribution in [0.3, 0.4) is 0 Å². The van der Waals surface area contributed by atoms with E-state index in [9.17, 15) is 18.9 Å². The molecular weight excluding hydrogens is 406 g/mol. The number of amides is 2. The van der Waals surface area contributed by atoms with Crippen molar-refractivity contribution in [3.05, 3.63) is 47.5 Å². The molecule has 2 aromatic rings. The van der Waals surface area contributed by atoms with Crippen LogP contribution in [0, 0.1) is 6.92 Å². The van der Waals surface area contributed by atoms with Crippen molar-refractivity contribution < 1.29 is 28.4 Å². The molecule has 0 aromatic heterocycles. The van der Waals surface area contributed by atoms with E-state index in [1.54, 1.807) is 39.0 Å². The number of rotatable bonds is 2. The van der Waals surface area contributed by atoms with E-state index < -0.39 is 40.5 Å². The van der Waals surface area contributed by atoms with Crippen molar-refractivity contribution in [1.82, 2.24) is 4.90 Å². The molecule has 7 nitrogen and oxygen atoms in total. The number of fused-ring (bicyclic) bond motifs is 3. The second kappa shape index (κ2) is 7.12. The second-order valence-electron chi connectivity index (χ2n) is 8.46. The number of phenolic OH excluding ortho intramolecular Hbond substituents is 1. The molecule has 2 heterocycles. The second-order valence-corrected chi connectivity index (χ2v) is 9.87. The lowest BCUT2D eigenvalue weighted by Gasteiger charge is -2.27. The van der Waals surface area contributed by atoms with Gasteiger partial charge in [-0.15, -0.1) is 0 Å². The number of aryl methyl sites for hydroxylation is 1. The van der Waals surface area contributed by atoms with Crippen LogP contribution in [0.1, 0.15) is 44.4 Å². The quantitative estimate of drug-likeness (QED) is 0.780. The van der Waals surface area contributed by atoms with Crippen LogP contribution in [0.5, 0.6) is 11.5 Å². The van der Waals surface area contributed by atoms with Crippen LogP contribution in [-0.2, 0) is 20.3 Å². The third kappa shape index (κ3) is 3.45. The minimum absolute atomic E-state index is 0.00401. The van der Waals surface area contributed by atoms with Gasteiger partial charge in [-0.05, 0) is 52.0 Å². The smallest absolute Gasteiger partial charge is 0.417 e. The van der Waals surface area contributed by atoms with Crippen LogP contribution in [0.4, 0.5) is 4.79 Å². The molecule has 0 spiro atoms. The molecule has 2 amide bonds. The normalized spacial score (nSPS) is 21.1. The molecule has 2 aromatic carbocycles. The van der Waals surface area contributed by atoms with Gasteiger partial charge in [-0.25, -0.2) is 13.9 Å². The number of nitrogens with zero attached hydrogens (tertiary/aromatic N) is 1. The molecule has 1 fully saturated rings. The standard InChI is InChI=1S/C22H23NO6S/c1-12-5-7-13(8-6-12)30(27)20-14(24)9-10-15-18(20)19-16(28-15)11-17(25)23(19)21(26)29-22(2,3)4/h5-10,16,19,24H,11H2,1-4H3/t16-,19+,30+/m0/s1. The molecule has 1 saturated heterocycles. The summed E-state index contributed by atoms with van der Waals surface area (Å²) in [5, 5.41) is 10.6. The molecule has 2 aliphatic rings. The van der Waals surface area contributed by atoms with Crippen molar-refractivity contribution in [2.45, 2.75) is 61.7 Å². The van der Waals surface area contributed by atoms with Crippen molar-refractivity contribution in [2.75, 3.05) is 0 Å². The van der Waals surface area contributed by atoms with Crippen molar-refractivity contribution >= 4 is 22.8 Å². The molecule has 3 atom stereocenters. The molecule has 0 radical (unpaired) electrons. The molecule has 0 bridgehead atoms. The highest BCUT2D eigenvalue weighted by Gasteiger charge is 2.53. The maximum atomic E-state index is 13.4. The number of likely N-dealkylation sites (tertiary alicyclic amines) is 1. The number of imide groups is 1. The highest BCUT2D eigenvalue weighted by Crippen LogP contribution is 2.51. The molecule has 0 aliphatic carbocycles. The highest BCUT2D eigenvalue weighted by molar-refractivity contribution is 7.85. The summed E-state index contributed by atoms with van der Waals surface area (Å²) < 4.78 is 24.7. The molecule has 0 unspecified atom stereocenters. The molecule has 0 saturated carbocycles. The zero-order valence-corrected chi connectivity index (χ0v) is 18.0. The van der Waals surface area contributed by atoms with Crippen molar-refractivity contribution in [3.8, 4) is 11.5 Å². The number of benzene rings is 2. The Morgan fingerprint density at radius 3 is 2.50 bits per heavy atom. The van der Waals surface area contributed by atoms with E-state index in [2.05, 4.69) is 0 Å². The van der Waals surface area contributed by atoms with E-state index >= 15 is 0 Å². The van der Waals surface area contributed by atoms with E-state index in [4.69, 9.17) is 9.47 Å². The Bertz CT molecular complexity index is 1060. The Morgan fingerprint density at radius 2 is 1.87 bits per heavy atom. The van der Waals surface area contributed by atoms with Gasteiger partial charge in [0.05, 0.1) is 22.1 Å². The monoisotopic (exact) mass is 429 g/mol. The third-order valence-corrected chi connectivity index (χ3v) is 6.50. The van der Waals surface area contributed by atoms with E-state index in [1.807, 2.05) is 19.1 Å². The maximum Gasteiger partial charge on any atom is 0.417 e. The Balaban J connectivity index is 1.80. The predicted molar refractivity (Wildman–Crippen MR) is 109 cm³/mol. The summed E-state index contributed by atoms with van der Waals surface area (Å²) in [7, 11) is -1.74. The first-order valence-electron chi connectivity index (χ1n) is 9.63. The molecule has 4 rings (SSSR count). The number of hydrogen-bond donors (Lipinski definition) is 1. The van der Waals surface area contributed by atoms with Crippen LogP contribution < -0.4 is 4.74 Å². The Hall–Kier alpha value is -2.87. The van der Waals surface area contributed by atoms with Gasteiger partial charge in [0.2, 0.25) is 5.91 Å². The number of hydrogen-bond acceptors (Lipinski definition) is 6. The van der Waals surface area contributed by atoms with Crippen LogP contribution in [0.2, 0.25) is 0 Å². The van der Waals surface area contributed by atoms with Crippen LogP contribution in [-0.4, -0.2) is 37.9 Å². The lowest BCUT2D eigenvalue weighted by molar-refractivity contribution is -0.128. The third-order valence-electron chi connectivity index (χ3n) is 4.99. The summed E-state index contributed by atoms with van der Waals surface area (Å²) in [6.45, 7) is 7.06. The number of phenols is 1. The van der Waals surface area contributed by atoms with E-state index in [-0.39, 0.29) is 17.1 Å². The van der Waals surface area contributed by atoms with Gasteiger partial charge >= 0.3 is 6.09 Å². The minimum Gasteiger partial charge on any atom is -0.507 e. The number of ether oxygens (including phenoxy) is 2. The summed E-state index contributed by atoms with van der Waals surface area (Å²) in [4.78, 5) is 27.1. The number of carbonyl (C=O) groups is 2. The zero-order valence-electron chi connectivity index (χ0n) is 17.2. The predicted octanol–water partition coefficient (Wildman–Crippen LogP) is 3.84. The molecule has 1 N–H and O–H groups in total. The molecule has 158 valence electrons. The van der Waals surface area contributed by atoms with Gasteiger partial charge in [0.1, 0.15) is 29.2 Å². The average molecular weight is 429 g/mol. The summed E-state index contributed by atoms with van der Waals surface area (Å²) >= 11 is 0. The number of carbonyl (C=O) groups excluding carboxylic acids is 2. The molecular formula is C22H23NO6S. The largest absolute Gasteiger partial charge is 0.507 e. The van der Waals surface area contributed by atoms with Gasteiger partial charge in [0.25, 0.3) is 0 Å². The molecule has 8 heteroatoms. The van der Waals surface area contributed by atoms with Crippen LogP contribution >= 0.6 is 0 Å². The van der Waals surface area contributed by atoms with Gasteiger partial charge in [0, 0.05) is 10.5 Å². The fraction of sp³-hybridized carbons (Fsp3) is 0.364. The van der Waals surface area contributed by atoms with E-state index in [0.29, 0.717) is 16.2 Å². The van der Waals surface area contributed by atoms with Gasteiger partial charge in [-0.2, -0.15) is 0 Å². The average Bonchev–Trinajstić information content (AvgIpc) is 3.14. The topological polar surface area (TPSA) is 93.1 Å². The first-order valence-corrected chi connectivity index (χ1v) is 10.8. The zero-order chi connectivity index (χ0) is 21.8. The SMILES string of the molecule is Cc1ccc([S@@](=O)c2c(O)ccc3c2[C@H]2[C@H](CC(=O)N2C(=O)OC(C)(C)C)O3)cc1. The van der Waals surface area contributed by atoms with Crippen LogP contribution in [0.15, 0.2) is 46.2 Å². The summed E-state index contributed by atoms with van der Waals surface area (Å²) in [6.07, 6.45) is -1.40. The van der Waals surface area contributed by atoms with Crippen molar-refractivity contribution in [2.24, 2.45) is 0 Å². The maximum absolute atomic E-state index is 13.4. The lowest BCUT2D eigenvalue weighted by atomic mass is 10.0. The van der Waals surface area contributed by atoms with Gasteiger partial charge in [-0.1, -0.05) is 17.7 Å². The summed E-state index contributed by atoms with van der Waals surface area (Å²) in [5.41, 5.74) is 0.610. The van der Waals surface area contributed by atoms with Gasteiger partial charge in [-0.3, -0.25) is 4.79 Å². The van der Waals surface area contributed by atoms with E-state index in [1.165, 1.54) is 6.07 Å². The minimum atomic E-state index is -1.74. The fourth-order valence-electron chi connectivity index (χ4n) is 3.74. The summed E-state index contributed by atoms with van der Waals surface area (Å²) in [6, 6.07) is 9.29. The Labute approximate surface area is 177 Å². The Kier molecular flexibility index (Phi) is 4.85. The first kappa shape index (κ1) is 20.4. The van der Waals surface area contributed by atoms with Gasteiger partial charge in [0.15, 0.2) is 0 Å². The van der Waals surface area contributed by atoms with Crippen molar-refractivity contribution in [1.29, 1.82) is 0 Å². The lowest BCUT2D eigenvalue weighted by Crippen LogP contribution is -2.39. The highest BCUT2D eigenvalue weighted by atomic mass is 32.2. The Morgan fingerprint density at radius 1 is 1.20 bits per heavy atom. The first-order chi connectivity index (χ1) is 14.1. The van der Waals surface area contributed by atoms with Crippen molar-refractivity contribution in [3.63, 3.8) is 0 Å². The van der Waals surface area contributed by atoms with Gasteiger partial charge < -0.3 is 14.6 Å². The summed E-state index contributed by atoms with van der Waals surface area (Å²) in [5.74, 6) is -0.208. The van der Waals surface area contributed by atoms with Crippen LogP contribution in [0.25, 0.3) is 0 Å². The molecule has 30 heavy (non-hydrogen) atoms. The fourth-order valence-corrected chi connectivity index (χ4v) is 5.04. The molecule has 2 aliphatic heterocycles. The van der Waals surface area contributed by atoms with E-state index in [0.717, 1.165) is 10.5 Å². The number of aromatic hydroxyl groups is 1.